The molecule has 17 nitrogen and oxygen atoms in total. The van der Waals surface area contributed by atoms with Gasteiger partial charge >= 0.3 is 39.5 Å². The van der Waals surface area contributed by atoms with E-state index in [1.165, 1.54) is 218 Å². The normalized spacial score (nSPS) is 14.0. The number of carbonyl (C=O) groups is 4. The second-order valence-corrected chi connectivity index (χ2v) is 33.4. The van der Waals surface area contributed by atoms with Crippen LogP contribution in [0.15, 0.2) is 24.3 Å². The third-order valence-electron chi connectivity index (χ3n) is 19.1. The third-order valence-corrected chi connectivity index (χ3v) is 21.0. The van der Waals surface area contributed by atoms with Crippen molar-refractivity contribution in [1.29, 1.82) is 0 Å². The zero-order chi connectivity index (χ0) is 75.6. The number of phosphoric acid groups is 2. The van der Waals surface area contributed by atoms with Gasteiger partial charge in [-0.05, 0) is 63.2 Å². The molecule has 2 unspecified atom stereocenters. The van der Waals surface area contributed by atoms with Crippen molar-refractivity contribution in [2.75, 3.05) is 39.6 Å². The number of aliphatic hydroxyl groups is 1. The van der Waals surface area contributed by atoms with Crippen LogP contribution in [0.5, 0.6) is 0 Å². The Kier molecular flexibility index (Phi) is 73.2. The summed E-state index contributed by atoms with van der Waals surface area (Å²) in [6, 6.07) is 0. The van der Waals surface area contributed by atoms with E-state index >= 15 is 0 Å². The molecule has 0 aromatic carbocycles. The lowest BCUT2D eigenvalue weighted by Gasteiger charge is -2.21. The highest BCUT2D eigenvalue weighted by Gasteiger charge is 2.30. The Hall–Kier alpha value is -2.46. The molecule has 608 valence electrons. The van der Waals surface area contributed by atoms with Crippen molar-refractivity contribution in [2.45, 2.75) is 439 Å². The van der Waals surface area contributed by atoms with Crippen molar-refractivity contribution in [3.63, 3.8) is 0 Å². The van der Waals surface area contributed by atoms with Crippen LogP contribution in [-0.4, -0.2) is 96.7 Å². The molecule has 0 bridgehead atoms. The lowest BCUT2D eigenvalue weighted by molar-refractivity contribution is -0.161. The Morgan fingerprint density at radius 1 is 0.301 bits per heavy atom. The van der Waals surface area contributed by atoms with Gasteiger partial charge < -0.3 is 33.8 Å². The van der Waals surface area contributed by atoms with Crippen LogP contribution in [0.4, 0.5) is 0 Å². The largest absolute Gasteiger partial charge is 0.472 e. The SMILES string of the molecule is CCCCCC/C=C\C=C/CCCCCCCC(=O)O[C@H](COC(=O)CCCCCCCCC(C)C)COP(=O)(O)OC[C@H](O)COP(=O)(O)OC[C@@H](COC(=O)CCCCCCCCCCCCCCCCCCCC)OC(=O)CCCCCCCCCCCCCCCCCCCCC(C)C. The molecular weight excluding hydrogens is 1340 g/mol. The minimum absolute atomic E-state index is 0.0842. The van der Waals surface area contributed by atoms with Gasteiger partial charge in [-0.25, -0.2) is 9.13 Å². The van der Waals surface area contributed by atoms with E-state index in [0.29, 0.717) is 31.6 Å². The van der Waals surface area contributed by atoms with Crippen LogP contribution >= 0.6 is 15.6 Å². The molecule has 19 heteroatoms. The Labute approximate surface area is 631 Å². The van der Waals surface area contributed by atoms with Gasteiger partial charge in [-0.15, -0.1) is 0 Å². The smallest absolute Gasteiger partial charge is 0.462 e. The molecule has 3 N–H and O–H groups in total. The quantitative estimate of drug-likeness (QED) is 0.0169. The molecule has 0 saturated heterocycles. The average Bonchev–Trinajstić information content (AvgIpc) is 0.911. The first-order valence-electron chi connectivity index (χ1n) is 42.8. The fourth-order valence-electron chi connectivity index (χ4n) is 12.5. The summed E-state index contributed by atoms with van der Waals surface area (Å²) in [5.41, 5.74) is 0. The average molecular weight is 1500 g/mol. The maximum Gasteiger partial charge on any atom is 0.472 e. The van der Waals surface area contributed by atoms with Crippen molar-refractivity contribution < 1.29 is 80.2 Å². The first kappa shape index (κ1) is 101. The highest BCUT2D eigenvalue weighted by Crippen LogP contribution is 2.45. The number of unbranched alkanes of at least 4 members (excludes halogenated alkanes) is 48. The van der Waals surface area contributed by atoms with Crippen LogP contribution in [0.3, 0.4) is 0 Å². The lowest BCUT2D eigenvalue weighted by atomic mass is 10.0. The van der Waals surface area contributed by atoms with Crippen molar-refractivity contribution in [3.05, 3.63) is 24.3 Å². The van der Waals surface area contributed by atoms with Crippen LogP contribution in [-0.2, 0) is 65.4 Å². The highest BCUT2D eigenvalue weighted by atomic mass is 31.2. The number of allylic oxidation sites excluding steroid dienone is 4. The Morgan fingerprint density at radius 3 is 0.796 bits per heavy atom. The number of esters is 4. The van der Waals surface area contributed by atoms with Gasteiger partial charge in [0.15, 0.2) is 12.2 Å². The van der Waals surface area contributed by atoms with E-state index in [9.17, 15) is 43.2 Å². The maximum absolute atomic E-state index is 13.1. The van der Waals surface area contributed by atoms with Crippen LogP contribution in [0.25, 0.3) is 0 Å². The van der Waals surface area contributed by atoms with Crippen molar-refractivity contribution in [1.82, 2.24) is 0 Å². The predicted molar refractivity (Wildman–Crippen MR) is 423 cm³/mol. The molecule has 0 aromatic rings. The van der Waals surface area contributed by atoms with E-state index in [4.69, 9.17) is 37.0 Å². The number of phosphoric ester groups is 2. The van der Waals surface area contributed by atoms with Crippen LogP contribution in [0.2, 0.25) is 0 Å². The Bertz CT molecular complexity index is 2070. The molecule has 0 saturated carbocycles. The first-order valence-corrected chi connectivity index (χ1v) is 45.8. The summed E-state index contributed by atoms with van der Waals surface area (Å²) in [5.74, 6) is -0.643. The van der Waals surface area contributed by atoms with Gasteiger partial charge in [0.2, 0.25) is 0 Å². The minimum Gasteiger partial charge on any atom is -0.462 e. The van der Waals surface area contributed by atoms with Crippen molar-refractivity contribution >= 4 is 39.5 Å². The number of ether oxygens (including phenoxy) is 4. The summed E-state index contributed by atoms with van der Waals surface area (Å²) in [4.78, 5) is 73.0. The van der Waals surface area contributed by atoms with E-state index in [1.54, 1.807) is 0 Å². The van der Waals surface area contributed by atoms with Gasteiger partial charge in [0, 0.05) is 25.7 Å². The van der Waals surface area contributed by atoms with E-state index in [1.807, 2.05) is 0 Å². The van der Waals surface area contributed by atoms with E-state index in [-0.39, 0.29) is 25.7 Å². The van der Waals surface area contributed by atoms with Crippen LogP contribution in [0.1, 0.15) is 420 Å². The summed E-state index contributed by atoms with van der Waals surface area (Å²) in [5, 5.41) is 10.6. The maximum atomic E-state index is 13.1. The highest BCUT2D eigenvalue weighted by molar-refractivity contribution is 7.47. The first-order chi connectivity index (χ1) is 49.9. The van der Waals surface area contributed by atoms with Crippen LogP contribution in [0, 0.1) is 11.8 Å². The summed E-state index contributed by atoms with van der Waals surface area (Å²) < 4.78 is 68.7. The number of hydrogen-bond donors (Lipinski definition) is 3. The predicted octanol–water partition coefficient (Wildman–Crippen LogP) is 25.0. The fraction of sp³-hybridized carbons (Fsp3) is 0.905. The molecule has 0 aromatic heterocycles. The third kappa shape index (κ3) is 77.5. The topological polar surface area (TPSA) is 237 Å². The van der Waals surface area contributed by atoms with E-state index in [0.717, 1.165) is 115 Å². The molecule has 0 aliphatic carbocycles. The minimum atomic E-state index is -4.97. The molecule has 0 fully saturated rings. The van der Waals surface area contributed by atoms with Gasteiger partial charge in [-0.2, -0.15) is 0 Å². The molecule has 0 aliphatic heterocycles. The van der Waals surface area contributed by atoms with Gasteiger partial charge in [-0.3, -0.25) is 37.3 Å². The zero-order valence-electron chi connectivity index (χ0n) is 67.1. The van der Waals surface area contributed by atoms with Crippen LogP contribution < -0.4 is 0 Å². The van der Waals surface area contributed by atoms with Crippen molar-refractivity contribution in [3.8, 4) is 0 Å². The number of carbonyl (C=O) groups excluding carboxylic acids is 4. The second kappa shape index (κ2) is 75.0. The number of rotatable bonds is 81. The molecular formula is C84H160O17P2. The standard InChI is InChI=1S/C84H160O17P2/c1-7-9-11-13-15-17-19-21-23-24-28-32-35-39-43-47-54-60-66-81(86)94-72-79(100-83(88)68-63-57-49-45-41-37-33-29-26-25-27-31-34-38-42-46-52-58-64-76(3)4)74-98-102(90,91)96-70-78(85)71-97-103(92,93)99-75-80(73-95-82(87)67-61-55-51-50-53-59-65-77(5)6)101-84(89)69-62-56-48-44-40-36-30-22-20-18-16-14-12-10-8-2/h18,20,22,30,76-80,85H,7-17,19,21,23-29,31-75H2,1-6H3,(H,90,91)(H,92,93)/b20-18-,30-22-/t78-,79-,80-/m1/s1. The molecule has 0 heterocycles. The van der Waals surface area contributed by atoms with E-state index < -0.39 is 97.5 Å². The number of hydrogen-bond acceptors (Lipinski definition) is 15. The van der Waals surface area contributed by atoms with Crippen molar-refractivity contribution in [2.24, 2.45) is 11.8 Å². The molecule has 0 spiro atoms. The Morgan fingerprint density at radius 2 is 0.524 bits per heavy atom. The monoisotopic (exact) mass is 1500 g/mol. The second-order valence-electron chi connectivity index (χ2n) is 30.5. The number of aliphatic hydroxyl groups excluding tert-OH is 1. The van der Waals surface area contributed by atoms with Gasteiger partial charge in [0.05, 0.1) is 26.4 Å². The van der Waals surface area contributed by atoms with Gasteiger partial charge in [0.25, 0.3) is 0 Å². The Balaban J connectivity index is 5.24. The van der Waals surface area contributed by atoms with Gasteiger partial charge in [0.1, 0.15) is 19.3 Å². The van der Waals surface area contributed by atoms with E-state index in [2.05, 4.69) is 65.8 Å². The molecule has 0 aliphatic rings. The fourth-order valence-corrected chi connectivity index (χ4v) is 14.1. The molecule has 0 radical (unpaired) electrons. The summed E-state index contributed by atoms with van der Waals surface area (Å²) >= 11 is 0. The molecule has 0 amide bonds. The molecule has 0 rings (SSSR count). The van der Waals surface area contributed by atoms with Gasteiger partial charge in [-0.1, -0.05) is 368 Å². The molecule has 5 atom stereocenters. The lowest BCUT2D eigenvalue weighted by Crippen LogP contribution is -2.30. The summed E-state index contributed by atoms with van der Waals surface area (Å²) in [6.45, 7) is 9.53. The zero-order valence-corrected chi connectivity index (χ0v) is 68.9. The summed E-state index contributed by atoms with van der Waals surface area (Å²) in [6.07, 6.45) is 69.1. The molecule has 103 heavy (non-hydrogen) atoms. The summed E-state index contributed by atoms with van der Waals surface area (Å²) in [7, 11) is -9.94.